The summed E-state index contributed by atoms with van der Waals surface area (Å²) in [5.74, 6) is 0. The van der Waals surface area contributed by atoms with Crippen LogP contribution in [-0.4, -0.2) is 34.7 Å². The van der Waals surface area contributed by atoms with Crippen molar-refractivity contribution >= 4 is 11.3 Å². The molecule has 1 aromatic rings. The summed E-state index contributed by atoms with van der Waals surface area (Å²) in [5, 5.41) is 14.8. The van der Waals surface area contributed by atoms with Gasteiger partial charge in [-0.3, -0.25) is 4.90 Å². The lowest BCUT2D eigenvalue weighted by molar-refractivity contribution is -0.0116. The molecule has 2 nitrogen and oxygen atoms in total. The molecule has 2 atom stereocenters. The lowest BCUT2D eigenvalue weighted by Crippen LogP contribution is -2.53. The van der Waals surface area contributed by atoms with Crippen LogP contribution in [0.25, 0.3) is 0 Å². The van der Waals surface area contributed by atoms with Gasteiger partial charge in [0.05, 0.1) is 6.10 Å². The number of hydrogen-bond donors (Lipinski definition) is 1. The van der Waals surface area contributed by atoms with Gasteiger partial charge in [0.15, 0.2) is 0 Å². The standard InChI is InChI=1S/C14H23NOS/c1-3-14(2,15-7-4-5-8-15)13(16)10-12-6-9-17-11-12/h6,9,11,13,16H,3-5,7-8,10H2,1-2H3. The van der Waals surface area contributed by atoms with Gasteiger partial charge in [0.1, 0.15) is 0 Å². The number of likely N-dealkylation sites (tertiary alicyclic amines) is 1. The first-order valence-corrected chi connectivity index (χ1v) is 7.55. The number of aliphatic hydroxyl groups excluding tert-OH is 1. The first-order valence-electron chi connectivity index (χ1n) is 6.61. The van der Waals surface area contributed by atoms with Gasteiger partial charge < -0.3 is 5.11 Å². The van der Waals surface area contributed by atoms with Gasteiger partial charge in [-0.1, -0.05) is 6.92 Å². The van der Waals surface area contributed by atoms with Crippen molar-refractivity contribution < 1.29 is 5.11 Å². The minimum atomic E-state index is -0.264. The Kier molecular flexibility index (Phi) is 4.23. The Morgan fingerprint density at radius 1 is 1.47 bits per heavy atom. The molecule has 2 heterocycles. The topological polar surface area (TPSA) is 23.5 Å². The maximum atomic E-state index is 10.6. The molecule has 0 aliphatic carbocycles. The Labute approximate surface area is 108 Å². The van der Waals surface area contributed by atoms with E-state index in [9.17, 15) is 5.11 Å². The van der Waals surface area contributed by atoms with Gasteiger partial charge >= 0.3 is 0 Å². The predicted octanol–water partition coefficient (Wildman–Crippen LogP) is 2.92. The Morgan fingerprint density at radius 2 is 2.18 bits per heavy atom. The minimum absolute atomic E-state index is 0.0571. The molecule has 17 heavy (non-hydrogen) atoms. The summed E-state index contributed by atoms with van der Waals surface area (Å²) in [6, 6.07) is 2.12. The molecule has 1 aliphatic rings. The van der Waals surface area contributed by atoms with Crippen LogP contribution in [0.15, 0.2) is 16.8 Å². The highest BCUT2D eigenvalue weighted by atomic mass is 32.1. The predicted molar refractivity (Wildman–Crippen MR) is 73.5 cm³/mol. The van der Waals surface area contributed by atoms with Crippen LogP contribution in [0.1, 0.15) is 38.7 Å². The number of hydrogen-bond acceptors (Lipinski definition) is 3. The molecule has 1 aliphatic heterocycles. The lowest BCUT2D eigenvalue weighted by Gasteiger charge is -2.42. The fourth-order valence-electron chi connectivity index (χ4n) is 2.75. The molecule has 1 saturated heterocycles. The third-order valence-corrected chi connectivity index (χ3v) is 5.00. The van der Waals surface area contributed by atoms with E-state index in [0.717, 1.165) is 25.9 Å². The van der Waals surface area contributed by atoms with Crippen LogP contribution in [0, 0.1) is 0 Å². The smallest absolute Gasteiger partial charge is 0.0761 e. The van der Waals surface area contributed by atoms with Crippen molar-refractivity contribution in [2.75, 3.05) is 13.1 Å². The van der Waals surface area contributed by atoms with Crippen molar-refractivity contribution in [2.24, 2.45) is 0 Å². The van der Waals surface area contributed by atoms with Gasteiger partial charge in [0, 0.05) is 12.0 Å². The Bertz CT molecular complexity index is 332. The fourth-order valence-corrected chi connectivity index (χ4v) is 3.43. The molecule has 0 amide bonds. The third kappa shape index (κ3) is 2.72. The van der Waals surface area contributed by atoms with E-state index in [-0.39, 0.29) is 11.6 Å². The molecule has 0 radical (unpaired) electrons. The second kappa shape index (κ2) is 5.51. The second-order valence-corrected chi connectivity index (χ2v) is 6.04. The molecule has 1 N–H and O–H groups in total. The average Bonchev–Trinajstić information content (AvgIpc) is 3.00. The normalized spacial score (nSPS) is 22.5. The highest BCUT2D eigenvalue weighted by Crippen LogP contribution is 2.29. The van der Waals surface area contributed by atoms with E-state index in [1.807, 2.05) is 0 Å². The lowest BCUT2D eigenvalue weighted by atomic mass is 9.86. The summed E-state index contributed by atoms with van der Waals surface area (Å²) in [6.07, 6.45) is 4.09. The maximum absolute atomic E-state index is 10.6. The molecule has 0 spiro atoms. The molecule has 96 valence electrons. The Balaban J connectivity index is 2.05. The summed E-state index contributed by atoms with van der Waals surface area (Å²) in [5.41, 5.74) is 1.21. The largest absolute Gasteiger partial charge is 0.391 e. The molecule has 0 bridgehead atoms. The Morgan fingerprint density at radius 3 is 2.71 bits per heavy atom. The van der Waals surface area contributed by atoms with E-state index in [1.165, 1.54) is 18.4 Å². The monoisotopic (exact) mass is 253 g/mol. The number of aliphatic hydroxyl groups is 1. The van der Waals surface area contributed by atoms with E-state index in [2.05, 4.69) is 35.6 Å². The SMILES string of the molecule is CCC(C)(C(O)Cc1ccsc1)N1CCCC1. The summed E-state index contributed by atoms with van der Waals surface area (Å²) in [6.45, 7) is 6.70. The first kappa shape index (κ1) is 13.1. The van der Waals surface area contributed by atoms with Crippen molar-refractivity contribution in [3.63, 3.8) is 0 Å². The number of rotatable bonds is 5. The van der Waals surface area contributed by atoms with Crippen molar-refractivity contribution in [2.45, 2.75) is 51.2 Å². The van der Waals surface area contributed by atoms with Crippen LogP contribution < -0.4 is 0 Å². The highest BCUT2D eigenvalue weighted by Gasteiger charge is 2.38. The highest BCUT2D eigenvalue weighted by molar-refractivity contribution is 7.07. The van der Waals surface area contributed by atoms with Gasteiger partial charge in [-0.05, 0) is 61.7 Å². The van der Waals surface area contributed by atoms with Crippen LogP contribution in [0.3, 0.4) is 0 Å². The average molecular weight is 253 g/mol. The summed E-state index contributed by atoms with van der Waals surface area (Å²) in [4.78, 5) is 2.48. The zero-order valence-electron chi connectivity index (χ0n) is 10.9. The molecule has 1 aromatic heterocycles. The van der Waals surface area contributed by atoms with Crippen molar-refractivity contribution in [1.29, 1.82) is 0 Å². The third-order valence-electron chi connectivity index (χ3n) is 4.27. The van der Waals surface area contributed by atoms with Crippen LogP contribution >= 0.6 is 11.3 Å². The molecule has 0 aromatic carbocycles. The van der Waals surface area contributed by atoms with Crippen molar-refractivity contribution in [3.8, 4) is 0 Å². The maximum Gasteiger partial charge on any atom is 0.0761 e. The summed E-state index contributed by atoms with van der Waals surface area (Å²) in [7, 11) is 0. The second-order valence-electron chi connectivity index (χ2n) is 5.26. The van der Waals surface area contributed by atoms with Gasteiger partial charge in [0.2, 0.25) is 0 Å². The van der Waals surface area contributed by atoms with Crippen molar-refractivity contribution in [1.82, 2.24) is 4.90 Å². The number of thiophene rings is 1. The summed E-state index contributed by atoms with van der Waals surface area (Å²) < 4.78 is 0. The molecule has 2 unspecified atom stereocenters. The van der Waals surface area contributed by atoms with Crippen LogP contribution in [-0.2, 0) is 6.42 Å². The minimum Gasteiger partial charge on any atom is -0.391 e. The van der Waals surface area contributed by atoms with E-state index in [4.69, 9.17) is 0 Å². The van der Waals surface area contributed by atoms with Crippen LogP contribution in [0.2, 0.25) is 0 Å². The zero-order chi connectivity index (χ0) is 12.3. The molecule has 2 rings (SSSR count). The van der Waals surface area contributed by atoms with Gasteiger partial charge in [-0.15, -0.1) is 0 Å². The van der Waals surface area contributed by atoms with Gasteiger partial charge in [-0.2, -0.15) is 11.3 Å². The van der Waals surface area contributed by atoms with Gasteiger partial charge in [-0.25, -0.2) is 0 Å². The number of nitrogens with zero attached hydrogens (tertiary/aromatic N) is 1. The molecular weight excluding hydrogens is 230 g/mol. The first-order chi connectivity index (χ1) is 8.16. The fraction of sp³-hybridized carbons (Fsp3) is 0.714. The van der Waals surface area contributed by atoms with E-state index in [0.29, 0.717) is 0 Å². The van der Waals surface area contributed by atoms with Crippen LogP contribution in [0.5, 0.6) is 0 Å². The van der Waals surface area contributed by atoms with E-state index >= 15 is 0 Å². The van der Waals surface area contributed by atoms with Crippen molar-refractivity contribution in [3.05, 3.63) is 22.4 Å². The molecule has 1 fully saturated rings. The quantitative estimate of drug-likeness (QED) is 0.872. The molecule has 3 heteroatoms. The molecule has 0 saturated carbocycles. The van der Waals surface area contributed by atoms with E-state index in [1.54, 1.807) is 11.3 Å². The summed E-state index contributed by atoms with van der Waals surface area (Å²) >= 11 is 1.71. The molecular formula is C14H23NOS. The van der Waals surface area contributed by atoms with E-state index < -0.39 is 0 Å². The van der Waals surface area contributed by atoms with Crippen LogP contribution in [0.4, 0.5) is 0 Å². The van der Waals surface area contributed by atoms with Gasteiger partial charge in [0.25, 0.3) is 0 Å². The Hall–Kier alpha value is -0.380. The zero-order valence-corrected chi connectivity index (χ0v) is 11.7.